The summed E-state index contributed by atoms with van der Waals surface area (Å²) in [4.78, 5) is 16.0. The van der Waals surface area contributed by atoms with Crippen molar-refractivity contribution in [3.63, 3.8) is 0 Å². The molecule has 20 heavy (non-hydrogen) atoms. The molecule has 0 saturated carbocycles. The number of amides is 1. The highest BCUT2D eigenvalue weighted by molar-refractivity contribution is 5.82. The Balaban J connectivity index is 2.09. The Kier molecular flexibility index (Phi) is 6.45. The zero-order valence-corrected chi connectivity index (χ0v) is 12.6. The SMILES string of the molecule is CC(C)(C)[C@H](N)C(=O)NCCCCNc1ccccn1. The molecule has 1 rings (SSSR count). The third kappa shape index (κ3) is 6.02. The van der Waals surface area contributed by atoms with E-state index in [2.05, 4.69) is 15.6 Å². The molecule has 0 aromatic carbocycles. The van der Waals surface area contributed by atoms with E-state index in [1.54, 1.807) is 6.20 Å². The molecule has 0 spiro atoms. The summed E-state index contributed by atoms with van der Waals surface area (Å²) in [5.41, 5.74) is 5.67. The van der Waals surface area contributed by atoms with Crippen molar-refractivity contribution in [1.82, 2.24) is 10.3 Å². The average molecular weight is 278 g/mol. The number of anilines is 1. The third-order valence-corrected chi connectivity index (χ3v) is 3.09. The number of nitrogens with one attached hydrogen (secondary N) is 2. The number of carbonyl (C=O) groups excluding carboxylic acids is 1. The number of pyridine rings is 1. The highest BCUT2D eigenvalue weighted by Crippen LogP contribution is 2.17. The second-order valence-corrected chi connectivity index (χ2v) is 5.98. The second kappa shape index (κ2) is 7.85. The van der Waals surface area contributed by atoms with Gasteiger partial charge >= 0.3 is 0 Å². The monoisotopic (exact) mass is 278 g/mol. The number of nitrogens with zero attached hydrogens (tertiary/aromatic N) is 1. The molecule has 1 aromatic heterocycles. The number of carbonyl (C=O) groups is 1. The molecule has 4 N–H and O–H groups in total. The fourth-order valence-electron chi connectivity index (χ4n) is 1.65. The lowest BCUT2D eigenvalue weighted by Crippen LogP contribution is -2.48. The quantitative estimate of drug-likeness (QED) is 0.664. The molecule has 5 nitrogen and oxygen atoms in total. The van der Waals surface area contributed by atoms with Crippen LogP contribution >= 0.6 is 0 Å². The highest BCUT2D eigenvalue weighted by Gasteiger charge is 2.26. The van der Waals surface area contributed by atoms with Gasteiger partial charge in [-0.25, -0.2) is 4.98 Å². The lowest BCUT2D eigenvalue weighted by Gasteiger charge is -2.25. The largest absolute Gasteiger partial charge is 0.370 e. The maximum atomic E-state index is 11.8. The lowest BCUT2D eigenvalue weighted by atomic mass is 9.87. The van der Waals surface area contributed by atoms with Gasteiger partial charge in [0.25, 0.3) is 0 Å². The van der Waals surface area contributed by atoms with E-state index in [0.29, 0.717) is 6.54 Å². The summed E-state index contributed by atoms with van der Waals surface area (Å²) in [6.07, 6.45) is 3.65. The summed E-state index contributed by atoms with van der Waals surface area (Å²) in [6, 6.07) is 5.31. The van der Waals surface area contributed by atoms with E-state index in [-0.39, 0.29) is 11.3 Å². The number of aromatic nitrogens is 1. The first-order chi connectivity index (χ1) is 9.41. The molecule has 5 heteroatoms. The van der Waals surface area contributed by atoms with Crippen molar-refractivity contribution >= 4 is 11.7 Å². The van der Waals surface area contributed by atoms with E-state index >= 15 is 0 Å². The predicted molar refractivity (Wildman–Crippen MR) is 82.4 cm³/mol. The van der Waals surface area contributed by atoms with Crippen LogP contribution in [0.15, 0.2) is 24.4 Å². The summed E-state index contributed by atoms with van der Waals surface area (Å²) >= 11 is 0. The van der Waals surface area contributed by atoms with Gasteiger partial charge < -0.3 is 16.4 Å². The number of rotatable bonds is 7. The van der Waals surface area contributed by atoms with Gasteiger partial charge in [-0.2, -0.15) is 0 Å². The molecule has 112 valence electrons. The van der Waals surface area contributed by atoms with Crippen LogP contribution in [0.1, 0.15) is 33.6 Å². The molecule has 0 aliphatic heterocycles. The first kappa shape index (κ1) is 16.4. The average Bonchev–Trinajstić information content (AvgIpc) is 2.41. The van der Waals surface area contributed by atoms with E-state index in [4.69, 9.17) is 5.73 Å². The minimum absolute atomic E-state index is 0.0739. The lowest BCUT2D eigenvalue weighted by molar-refractivity contribution is -0.124. The van der Waals surface area contributed by atoms with Gasteiger partial charge in [-0.15, -0.1) is 0 Å². The molecule has 0 bridgehead atoms. The van der Waals surface area contributed by atoms with E-state index in [0.717, 1.165) is 25.2 Å². The van der Waals surface area contributed by atoms with Crippen molar-refractivity contribution in [3.8, 4) is 0 Å². The van der Waals surface area contributed by atoms with Crippen LogP contribution in [0.2, 0.25) is 0 Å². The number of unbranched alkanes of at least 4 members (excludes halogenated alkanes) is 1. The Morgan fingerprint density at radius 1 is 1.30 bits per heavy atom. The summed E-state index contributed by atoms with van der Waals surface area (Å²) < 4.78 is 0. The van der Waals surface area contributed by atoms with E-state index in [9.17, 15) is 4.79 Å². The van der Waals surface area contributed by atoms with Gasteiger partial charge in [0, 0.05) is 19.3 Å². The Labute approximate surface area is 121 Å². The molecule has 1 aromatic rings. The molecule has 1 heterocycles. The van der Waals surface area contributed by atoms with Crippen LogP contribution < -0.4 is 16.4 Å². The van der Waals surface area contributed by atoms with Gasteiger partial charge in [-0.3, -0.25) is 4.79 Å². The van der Waals surface area contributed by atoms with Gasteiger partial charge in [0.05, 0.1) is 6.04 Å². The van der Waals surface area contributed by atoms with E-state index in [1.165, 1.54) is 0 Å². The van der Waals surface area contributed by atoms with E-state index in [1.807, 2.05) is 39.0 Å². The molecule has 1 amide bonds. The predicted octanol–water partition coefficient (Wildman–Crippen LogP) is 1.76. The molecule has 0 unspecified atom stereocenters. The fourth-order valence-corrected chi connectivity index (χ4v) is 1.65. The molecule has 1 atom stereocenters. The van der Waals surface area contributed by atoms with Crippen molar-refractivity contribution < 1.29 is 4.79 Å². The van der Waals surface area contributed by atoms with Crippen LogP contribution in [-0.4, -0.2) is 30.0 Å². The smallest absolute Gasteiger partial charge is 0.237 e. The van der Waals surface area contributed by atoms with Crippen molar-refractivity contribution in [3.05, 3.63) is 24.4 Å². The van der Waals surface area contributed by atoms with Crippen LogP contribution in [0.4, 0.5) is 5.82 Å². The van der Waals surface area contributed by atoms with Crippen molar-refractivity contribution in [1.29, 1.82) is 0 Å². The summed E-state index contributed by atoms with van der Waals surface area (Å²) in [5, 5.41) is 6.11. The van der Waals surface area contributed by atoms with Gasteiger partial charge in [0.2, 0.25) is 5.91 Å². The number of hydrogen-bond acceptors (Lipinski definition) is 4. The minimum atomic E-state index is -0.464. The first-order valence-electron chi connectivity index (χ1n) is 7.09. The summed E-state index contributed by atoms with van der Waals surface area (Å²) in [6.45, 7) is 7.40. The fraction of sp³-hybridized carbons (Fsp3) is 0.600. The number of nitrogens with two attached hydrogens (primary N) is 1. The molecular weight excluding hydrogens is 252 g/mol. The molecular formula is C15H26N4O. The van der Waals surface area contributed by atoms with Crippen molar-refractivity contribution in [2.24, 2.45) is 11.1 Å². The zero-order valence-electron chi connectivity index (χ0n) is 12.6. The highest BCUT2D eigenvalue weighted by atomic mass is 16.2. The third-order valence-electron chi connectivity index (χ3n) is 3.09. The first-order valence-corrected chi connectivity index (χ1v) is 7.09. The Morgan fingerprint density at radius 2 is 2.00 bits per heavy atom. The van der Waals surface area contributed by atoms with Gasteiger partial charge in [0.15, 0.2) is 0 Å². The van der Waals surface area contributed by atoms with Crippen LogP contribution in [0.3, 0.4) is 0 Å². The Bertz CT molecular complexity index is 400. The molecule has 0 fully saturated rings. The van der Waals surface area contributed by atoms with Gasteiger partial charge in [-0.1, -0.05) is 26.8 Å². The summed E-state index contributed by atoms with van der Waals surface area (Å²) in [5.74, 6) is 0.807. The van der Waals surface area contributed by atoms with Crippen molar-refractivity contribution in [2.75, 3.05) is 18.4 Å². The van der Waals surface area contributed by atoms with Crippen molar-refractivity contribution in [2.45, 2.75) is 39.7 Å². The molecule has 0 aliphatic carbocycles. The zero-order chi connectivity index (χ0) is 15.0. The van der Waals surface area contributed by atoms with Crippen LogP contribution in [0, 0.1) is 5.41 Å². The molecule has 0 saturated heterocycles. The normalized spacial score (nSPS) is 12.8. The van der Waals surface area contributed by atoms with Gasteiger partial charge in [0.1, 0.15) is 5.82 Å². The Morgan fingerprint density at radius 3 is 2.60 bits per heavy atom. The van der Waals surface area contributed by atoms with Crippen LogP contribution in [0.25, 0.3) is 0 Å². The van der Waals surface area contributed by atoms with E-state index < -0.39 is 6.04 Å². The van der Waals surface area contributed by atoms with Crippen LogP contribution in [-0.2, 0) is 4.79 Å². The van der Waals surface area contributed by atoms with Gasteiger partial charge in [-0.05, 0) is 30.4 Å². The Hall–Kier alpha value is -1.62. The topological polar surface area (TPSA) is 80.0 Å². The van der Waals surface area contributed by atoms with Crippen LogP contribution in [0.5, 0.6) is 0 Å². The molecule has 0 radical (unpaired) electrons. The number of hydrogen-bond donors (Lipinski definition) is 3. The molecule has 0 aliphatic rings. The standard InChI is InChI=1S/C15H26N4O/c1-15(2,3)13(16)14(20)19-11-7-6-10-18-12-8-4-5-9-17-12/h4-5,8-9,13H,6-7,10-11,16H2,1-3H3,(H,17,18)(H,19,20)/t13-/m1/s1. The second-order valence-electron chi connectivity index (χ2n) is 5.98. The maximum absolute atomic E-state index is 11.8. The minimum Gasteiger partial charge on any atom is -0.370 e. The summed E-state index contributed by atoms with van der Waals surface area (Å²) in [7, 11) is 0. The maximum Gasteiger partial charge on any atom is 0.237 e.